The molecule has 1 aromatic carbocycles. The number of carbonyl (C=O) groups excluding carboxylic acids is 2. The summed E-state index contributed by atoms with van der Waals surface area (Å²) in [7, 11) is 0. The van der Waals surface area contributed by atoms with E-state index in [2.05, 4.69) is 5.32 Å². The Bertz CT molecular complexity index is 516. The minimum Gasteiger partial charge on any atom is -0.376 e. The van der Waals surface area contributed by atoms with Gasteiger partial charge in [0.25, 0.3) is 0 Å². The van der Waals surface area contributed by atoms with Crippen molar-refractivity contribution in [2.24, 2.45) is 5.73 Å². The van der Waals surface area contributed by atoms with Crippen LogP contribution in [0.5, 0.6) is 0 Å². The van der Waals surface area contributed by atoms with Crippen LogP contribution in [0.15, 0.2) is 18.2 Å². The Morgan fingerprint density at radius 2 is 1.95 bits per heavy atom. The summed E-state index contributed by atoms with van der Waals surface area (Å²) in [6.07, 6.45) is 1.42. The lowest BCUT2D eigenvalue weighted by molar-refractivity contribution is -0.135. The first-order chi connectivity index (χ1) is 9.47. The van der Waals surface area contributed by atoms with Crippen LogP contribution in [-0.4, -0.2) is 35.8 Å². The molecule has 1 fully saturated rings. The minimum absolute atomic E-state index is 0.0699. The van der Waals surface area contributed by atoms with Gasteiger partial charge < -0.3 is 16.0 Å². The molecule has 1 aliphatic heterocycles. The first-order valence-corrected chi connectivity index (χ1v) is 7.01. The molecule has 0 radical (unpaired) electrons. The fourth-order valence-electron chi connectivity index (χ4n) is 2.30. The Hall–Kier alpha value is -1.46. The van der Waals surface area contributed by atoms with Gasteiger partial charge in [0, 0.05) is 22.3 Å². The highest BCUT2D eigenvalue weighted by Crippen LogP contribution is 2.22. The second-order valence-corrected chi connectivity index (χ2v) is 5.53. The van der Waals surface area contributed by atoms with Gasteiger partial charge in [0.05, 0.1) is 6.54 Å². The number of hydrogen-bond acceptors (Lipinski definition) is 3. The Kier molecular flexibility index (Phi) is 4.73. The number of halogens is 2. The number of nitrogens with zero attached hydrogens (tertiary/aromatic N) is 1. The maximum atomic E-state index is 12.1. The third-order valence-electron chi connectivity index (χ3n) is 3.21. The second-order valence-electron chi connectivity index (χ2n) is 4.66. The lowest BCUT2D eigenvalue weighted by Crippen LogP contribution is -2.45. The summed E-state index contributed by atoms with van der Waals surface area (Å²) < 4.78 is 0. The average molecular weight is 316 g/mol. The van der Waals surface area contributed by atoms with Crippen LogP contribution < -0.4 is 11.1 Å². The number of anilines is 1. The molecule has 1 saturated heterocycles. The van der Waals surface area contributed by atoms with E-state index in [-0.39, 0.29) is 12.5 Å². The van der Waals surface area contributed by atoms with Crippen LogP contribution in [-0.2, 0) is 9.59 Å². The zero-order valence-corrected chi connectivity index (χ0v) is 12.2. The van der Waals surface area contributed by atoms with Crippen LogP contribution in [0.2, 0.25) is 10.0 Å². The highest BCUT2D eigenvalue weighted by atomic mass is 35.5. The number of carbonyl (C=O) groups is 2. The Labute approximate surface area is 127 Å². The van der Waals surface area contributed by atoms with Gasteiger partial charge in [0.15, 0.2) is 0 Å². The standard InChI is InChI=1S/C13H15Cl2N3O2/c14-8-4-9(15)6-10(5-8)17-7-12(19)18-3-1-2-11(18)13(16)20/h4-6,11,17H,1-3,7H2,(H2,16,20)/t11-/m0/s1. The summed E-state index contributed by atoms with van der Waals surface area (Å²) in [5, 5.41) is 3.93. The van der Waals surface area contributed by atoms with Crippen LogP contribution in [0, 0.1) is 0 Å². The molecule has 1 aromatic rings. The fourth-order valence-corrected chi connectivity index (χ4v) is 2.82. The smallest absolute Gasteiger partial charge is 0.242 e. The molecule has 3 N–H and O–H groups in total. The number of rotatable bonds is 4. The topological polar surface area (TPSA) is 75.4 Å². The monoisotopic (exact) mass is 315 g/mol. The number of amides is 2. The van der Waals surface area contributed by atoms with Crippen LogP contribution >= 0.6 is 23.2 Å². The molecule has 0 spiro atoms. The van der Waals surface area contributed by atoms with E-state index in [1.807, 2.05) is 0 Å². The molecule has 0 unspecified atom stereocenters. The van der Waals surface area contributed by atoms with Crippen molar-refractivity contribution < 1.29 is 9.59 Å². The third-order valence-corrected chi connectivity index (χ3v) is 3.64. The summed E-state index contributed by atoms with van der Waals surface area (Å²) >= 11 is 11.8. The largest absolute Gasteiger partial charge is 0.376 e. The van der Waals surface area contributed by atoms with Crippen molar-refractivity contribution in [3.8, 4) is 0 Å². The molecule has 0 aliphatic carbocycles. The molecule has 20 heavy (non-hydrogen) atoms. The van der Waals surface area contributed by atoms with E-state index in [0.29, 0.717) is 28.7 Å². The molecule has 1 heterocycles. The zero-order chi connectivity index (χ0) is 14.7. The van der Waals surface area contributed by atoms with Crippen LogP contribution in [0.3, 0.4) is 0 Å². The van der Waals surface area contributed by atoms with E-state index in [4.69, 9.17) is 28.9 Å². The number of nitrogens with one attached hydrogen (secondary N) is 1. The molecule has 7 heteroatoms. The first-order valence-electron chi connectivity index (χ1n) is 6.26. The van der Waals surface area contributed by atoms with Gasteiger partial charge in [0.1, 0.15) is 6.04 Å². The van der Waals surface area contributed by atoms with Crippen molar-refractivity contribution in [3.05, 3.63) is 28.2 Å². The molecule has 1 atom stereocenters. The Morgan fingerprint density at radius 1 is 1.30 bits per heavy atom. The van der Waals surface area contributed by atoms with Crippen molar-refractivity contribution >= 4 is 40.7 Å². The van der Waals surface area contributed by atoms with E-state index in [9.17, 15) is 9.59 Å². The van der Waals surface area contributed by atoms with E-state index >= 15 is 0 Å². The van der Waals surface area contributed by atoms with Crippen molar-refractivity contribution in [2.75, 3.05) is 18.4 Å². The predicted molar refractivity (Wildman–Crippen MR) is 78.9 cm³/mol. The van der Waals surface area contributed by atoms with Crippen molar-refractivity contribution in [3.63, 3.8) is 0 Å². The normalized spacial score (nSPS) is 18.1. The van der Waals surface area contributed by atoms with Crippen LogP contribution in [0.1, 0.15) is 12.8 Å². The van der Waals surface area contributed by atoms with Crippen molar-refractivity contribution in [1.82, 2.24) is 4.90 Å². The third kappa shape index (κ3) is 3.55. The highest BCUT2D eigenvalue weighted by molar-refractivity contribution is 6.35. The highest BCUT2D eigenvalue weighted by Gasteiger charge is 2.32. The molecule has 0 aromatic heterocycles. The Morgan fingerprint density at radius 3 is 2.55 bits per heavy atom. The predicted octanol–water partition coefficient (Wildman–Crippen LogP) is 1.88. The van der Waals surface area contributed by atoms with Gasteiger partial charge in [-0.1, -0.05) is 23.2 Å². The maximum absolute atomic E-state index is 12.1. The zero-order valence-electron chi connectivity index (χ0n) is 10.7. The van der Waals surface area contributed by atoms with Crippen molar-refractivity contribution in [1.29, 1.82) is 0 Å². The van der Waals surface area contributed by atoms with Gasteiger partial charge in [-0.25, -0.2) is 0 Å². The summed E-state index contributed by atoms with van der Waals surface area (Å²) in [6.45, 7) is 0.630. The van der Waals surface area contributed by atoms with Gasteiger partial charge in [0.2, 0.25) is 11.8 Å². The molecule has 0 bridgehead atoms. The molecule has 2 rings (SSSR count). The SMILES string of the molecule is NC(=O)[C@@H]1CCCN1C(=O)CNc1cc(Cl)cc(Cl)c1. The summed E-state index contributed by atoms with van der Waals surface area (Å²) in [5.74, 6) is -0.621. The number of primary amides is 1. The van der Waals surface area contributed by atoms with Gasteiger partial charge in [-0.3, -0.25) is 9.59 Å². The Balaban J connectivity index is 1.96. The van der Waals surface area contributed by atoms with E-state index in [0.717, 1.165) is 6.42 Å². The number of likely N-dealkylation sites (tertiary alicyclic amines) is 1. The van der Waals surface area contributed by atoms with Gasteiger partial charge in [-0.05, 0) is 31.0 Å². The van der Waals surface area contributed by atoms with Crippen LogP contribution in [0.25, 0.3) is 0 Å². The summed E-state index contributed by atoms with van der Waals surface area (Å²) in [4.78, 5) is 24.9. The fraction of sp³-hybridized carbons (Fsp3) is 0.385. The molecule has 108 valence electrons. The number of nitrogens with two attached hydrogens (primary N) is 1. The molecule has 0 saturated carbocycles. The van der Waals surface area contributed by atoms with E-state index in [1.54, 1.807) is 18.2 Å². The van der Waals surface area contributed by atoms with E-state index in [1.165, 1.54) is 4.90 Å². The average Bonchev–Trinajstić information content (AvgIpc) is 2.84. The number of benzene rings is 1. The molecular formula is C13H15Cl2N3O2. The van der Waals surface area contributed by atoms with Crippen molar-refractivity contribution in [2.45, 2.75) is 18.9 Å². The molecule has 5 nitrogen and oxygen atoms in total. The maximum Gasteiger partial charge on any atom is 0.242 e. The lowest BCUT2D eigenvalue weighted by Gasteiger charge is -2.22. The lowest BCUT2D eigenvalue weighted by atomic mass is 10.2. The number of hydrogen-bond donors (Lipinski definition) is 2. The molecular weight excluding hydrogens is 301 g/mol. The summed E-state index contributed by atoms with van der Waals surface area (Å²) in [5.41, 5.74) is 5.94. The van der Waals surface area contributed by atoms with Gasteiger partial charge in [-0.15, -0.1) is 0 Å². The first kappa shape index (κ1) is 14.9. The molecule has 2 amide bonds. The molecule has 1 aliphatic rings. The van der Waals surface area contributed by atoms with E-state index < -0.39 is 11.9 Å². The quantitative estimate of drug-likeness (QED) is 0.890. The minimum atomic E-state index is -0.493. The van der Waals surface area contributed by atoms with Gasteiger partial charge in [-0.2, -0.15) is 0 Å². The van der Waals surface area contributed by atoms with Gasteiger partial charge >= 0.3 is 0 Å². The van der Waals surface area contributed by atoms with Crippen LogP contribution in [0.4, 0.5) is 5.69 Å². The summed E-state index contributed by atoms with van der Waals surface area (Å²) in [6, 6.07) is 4.47. The second kappa shape index (κ2) is 6.33.